The van der Waals surface area contributed by atoms with E-state index in [0.717, 1.165) is 11.8 Å². The maximum Gasteiger partial charge on any atom is 0.224 e. The van der Waals surface area contributed by atoms with Crippen LogP contribution in [0.15, 0.2) is 0 Å². The van der Waals surface area contributed by atoms with E-state index in [9.17, 15) is 13.2 Å². The summed E-state index contributed by atoms with van der Waals surface area (Å²) in [5.41, 5.74) is -0.0269. The van der Waals surface area contributed by atoms with Crippen molar-refractivity contribution in [2.45, 2.75) is 39.7 Å². The largest absolute Gasteiger partial charge is 0.353 e. The molecule has 4 nitrogen and oxygen atoms in total. The maximum absolute atomic E-state index is 12.1. The standard InChI is InChI=1S/C12H22BrNO3S/c1-12(2,3)10(4-6-13)14-11(15)9-5-7-18(16,17)8-9/h9-10H,4-8H2,1-3H3,(H,14,15). The van der Waals surface area contributed by atoms with Crippen molar-refractivity contribution in [3.05, 3.63) is 0 Å². The van der Waals surface area contributed by atoms with Gasteiger partial charge in [-0.1, -0.05) is 36.7 Å². The number of carbonyl (C=O) groups is 1. The van der Waals surface area contributed by atoms with Crippen molar-refractivity contribution in [3.8, 4) is 0 Å². The van der Waals surface area contributed by atoms with E-state index in [1.54, 1.807) is 0 Å². The average molecular weight is 340 g/mol. The van der Waals surface area contributed by atoms with E-state index in [4.69, 9.17) is 0 Å². The number of nitrogens with one attached hydrogen (secondary N) is 1. The molecule has 0 spiro atoms. The van der Waals surface area contributed by atoms with Gasteiger partial charge in [-0.25, -0.2) is 8.42 Å². The molecule has 0 radical (unpaired) electrons. The van der Waals surface area contributed by atoms with Gasteiger partial charge < -0.3 is 5.32 Å². The summed E-state index contributed by atoms with van der Waals surface area (Å²) in [5.74, 6) is -0.333. The van der Waals surface area contributed by atoms with Gasteiger partial charge in [0.05, 0.1) is 17.4 Å². The highest BCUT2D eigenvalue weighted by Crippen LogP contribution is 2.24. The average Bonchev–Trinajstić information content (AvgIpc) is 2.57. The summed E-state index contributed by atoms with van der Waals surface area (Å²) in [7, 11) is -2.99. The molecule has 0 bridgehead atoms. The maximum atomic E-state index is 12.1. The normalized spacial score (nSPS) is 24.8. The molecule has 1 rings (SSSR count). The lowest BCUT2D eigenvalue weighted by atomic mass is 9.85. The molecule has 2 unspecified atom stereocenters. The van der Waals surface area contributed by atoms with Gasteiger partial charge in [0.15, 0.2) is 9.84 Å². The number of amides is 1. The molecular weight excluding hydrogens is 318 g/mol. The topological polar surface area (TPSA) is 63.2 Å². The van der Waals surface area contributed by atoms with Crippen LogP contribution in [-0.4, -0.2) is 37.2 Å². The van der Waals surface area contributed by atoms with Crippen molar-refractivity contribution in [3.63, 3.8) is 0 Å². The number of hydrogen-bond donors (Lipinski definition) is 1. The summed E-state index contributed by atoms with van der Waals surface area (Å²) in [6.45, 7) is 6.23. The van der Waals surface area contributed by atoms with Crippen LogP contribution in [0.1, 0.15) is 33.6 Å². The van der Waals surface area contributed by atoms with E-state index in [0.29, 0.717) is 6.42 Å². The minimum absolute atomic E-state index is 0.00398. The molecular formula is C12H22BrNO3S. The molecule has 6 heteroatoms. The third kappa shape index (κ3) is 4.53. The van der Waals surface area contributed by atoms with Crippen LogP contribution in [0.2, 0.25) is 0 Å². The van der Waals surface area contributed by atoms with E-state index in [1.165, 1.54) is 0 Å². The van der Waals surface area contributed by atoms with Crippen molar-refractivity contribution >= 4 is 31.7 Å². The minimum Gasteiger partial charge on any atom is -0.353 e. The Balaban J connectivity index is 2.63. The summed E-state index contributed by atoms with van der Waals surface area (Å²) in [4.78, 5) is 12.1. The van der Waals surface area contributed by atoms with Crippen LogP contribution in [0.5, 0.6) is 0 Å². The van der Waals surface area contributed by atoms with Gasteiger partial charge in [0.1, 0.15) is 0 Å². The minimum atomic E-state index is -2.99. The van der Waals surface area contributed by atoms with Crippen LogP contribution in [0.4, 0.5) is 0 Å². The molecule has 1 aliphatic rings. The molecule has 1 N–H and O–H groups in total. The van der Waals surface area contributed by atoms with Gasteiger partial charge in [0, 0.05) is 11.4 Å². The van der Waals surface area contributed by atoms with Crippen molar-refractivity contribution in [1.82, 2.24) is 5.32 Å². The lowest BCUT2D eigenvalue weighted by molar-refractivity contribution is -0.125. The molecule has 1 aliphatic heterocycles. The Hall–Kier alpha value is -0.100. The summed E-state index contributed by atoms with van der Waals surface area (Å²) >= 11 is 3.39. The zero-order chi connectivity index (χ0) is 14.0. The number of carbonyl (C=O) groups excluding carboxylic acids is 1. The van der Waals surface area contributed by atoms with Gasteiger partial charge in [-0.2, -0.15) is 0 Å². The van der Waals surface area contributed by atoms with Crippen LogP contribution in [0, 0.1) is 11.3 Å². The first-order chi connectivity index (χ1) is 8.15. The molecule has 0 aromatic heterocycles. The van der Waals surface area contributed by atoms with Gasteiger partial charge in [-0.3, -0.25) is 4.79 Å². The number of hydrogen-bond acceptors (Lipinski definition) is 3. The quantitative estimate of drug-likeness (QED) is 0.793. The molecule has 1 fully saturated rings. The van der Waals surface area contributed by atoms with Crippen LogP contribution in [-0.2, 0) is 14.6 Å². The van der Waals surface area contributed by atoms with Gasteiger partial charge in [-0.15, -0.1) is 0 Å². The van der Waals surface area contributed by atoms with Gasteiger partial charge in [0.25, 0.3) is 0 Å². The zero-order valence-electron chi connectivity index (χ0n) is 11.2. The molecule has 1 amide bonds. The van der Waals surface area contributed by atoms with E-state index in [1.807, 2.05) is 0 Å². The number of sulfone groups is 1. The first-order valence-corrected chi connectivity index (χ1v) is 9.17. The molecule has 0 aliphatic carbocycles. The second-order valence-corrected chi connectivity index (χ2v) is 9.03. The fraction of sp³-hybridized carbons (Fsp3) is 0.917. The second-order valence-electron chi connectivity index (χ2n) is 6.00. The molecule has 2 atom stereocenters. The van der Waals surface area contributed by atoms with Gasteiger partial charge in [0.2, 0.25) is 5.91 Å². The first kappa shape index (κ1) is 16.0. The third-order valence-corrected chi connectivity index (χ3v) is 5.59. The Bertz CT molecular complexity index is 400. The summed E-state index contributed by atoms with van der Waals surface area (Å²) in [6.07, 6.45) is 1.30. The van der Waals surface area contributed by atoms with Gasteiger partial charge >= 0.3 is 0 Å². The van der Waals surface area contributed by atoms with E-state index >= 15 is 0 Å². The molecule has 0 saturated carbocycles. The Morgan fingerprint density at radius 1 is 1.44 bits per heavy atom. The van der Waals surface area contributed by atoms with Crippen LogP contribution < -0.4 is 5.32 Å². The number of halogens is 1. The SMILES string of the molecule is CC(C)(C)C(CCBr)NC(=O)C1CCS(=O)(=O)C1. The van der Waals surface area contributed by atoms with Crippen molar-refractivity contribution in [1.29, 1.82) is 0 Å². The third-order valence-electron chi connectivity index (χ3n) is 3.36. The predicted octanol–water partition coefficient (Wildman–Crippen LogP) is 1.74. The summed E-state index contributed by atoms with van der Waals surface area (Å²) in [6, 6.07) is 0.0627. The van der Waals surface area contributed by atoms with Crippen LogP contribution >= 0.6 is 15.9 Å². The number of rotatable bonds is 4. The Morgan fingerprint density at radius 3 is 2.44 bits per heavy atom. The Morgan fingerprint density at radius 2 is 2.06 bits per heavy atom. The molecule has 106 valence electrons. The molecule has 0 aromatic rings. The molecule has 1 heterocycles. The monoisotopic (exact) mass is 339 g/mol. The Labute approximate surface area is 118 Å². The number of alkyl halides is 1. The molecule has 0 aromatic carbocycles. The predicted molar refractivity (Wildman–Crippen MR) is 76.6 cm³/mol. The first-order valence-electron chi connectivity index (χ1n) is 6.22. The Kier molecular flexibility index (Phi) is 5.23. The summed E-state index contributed by atoms with van der Waals surface area (Å²) < 4.78 is 22.7. The van der Waals surface area contributed by atoms with Crippen LogP contribution in [0.3, 0.4) is 0 Å². The lowest BCUT2D eigenvalue weighted by Gasteiger charge is -2.32. The zero-order valence-corrected chi connectivity index (χ0v) is 13.6. The highest BCUT2D eigenvalue weighted by atomic mass is 79.9. The summed E-state index contributed by atoms with van der Waals surface area (Å²) in [5, 5.41) is 3.82. The molecule has 1 saturated heterocycles. The fourth-order valence-corrected chi connectivity index (χ4v) is 4.32. The van der Waals surface area contributed by atoms with Crippen molar-refractivity contribution < 1.29 is 13.2 Å². The van der Waals surface area contributed by atoms with E-state index < -0.39 is 9.84 Å². The van der Waals surface area contributed by atoms with Gasteiger partial charge in [-0.05, 0) is 18.3 Å². The lowest BCUT2D eigenvalue weighted by Crippen LogP contribution is -2.46. The van der Waals surface area contributed by atoms with Crippen molar-refractivity contribution in [2.75, 3.05) is 16.8 Å². The smallest absolute Gasteiger partial charge is 0.224 e. The van der Waals surface area contributed by atoms with Crippen molar-refractivity contribution in [2.24, 2.45) is 11.3 Å². The highest BCUT2D eigenvalue weighted by molar-refractivity contribution is 9.09. The van der Waals surface area contributed by atoms with E-state index in [-0.39, 0.29) is 34.8 Å². The van der Waals surface area contributed by atoms with Crippen LogP contribution in [0.25, 0.3) is 0 Å². The highest BCUT2D eigenvalue weighted by Gasteiger charge is 2.35. The molecule has 18 heavy (non-hydrogen) atoms. The van der Waals surface area contributed by atoms with E-state index in [2.05, 4.69) is 42.0 Å². The second kappa shape index (κ2) is 5.90. The fourth-order valence-electron chi connectivity index (χ4n) is 2.12.